The van der Waals surface area contributed by atoms with Gasteiger partial charge in [-0.15, -0.1) is 11.3 Å². The van der Waals surface area contributed by atoms with Gasteiger partial charge in [-0.1, -0.05) is 26.0 Å². The first-order valence-electron chi connectivity index (χ1n) is 6.93. The highest BCUT2D eigenvalue weighted by Crippen LogP contribution is 2.31. The van der Waals surface area contributed by atoms with Gasteiger partial charge in [0, 0.05) is 17.6 Å². The zero-order chi connectivity index (χ0) is 15.4. The first kappa shape index (κ1) is 15.7. The maximum Gasteiger partial charge on any atom is 0.335 e. The summed E-state index contributed by atoms with van der Waals surface area (Å²) in [7, 11) is 0. The Balaban J connectivity index is 2.24. The summed E-state index contributed by atoms with van der Waals surface area (Å²) in [6, 6.07) is 6.76. The maximum absolute atomic E-state index is 10.9. The summed E-state index contributed by atoms with van der Waals surface area (Å²) in [6.07, 6.45) is 0.00652. The van der Waals surface area contributed by atoms with E-state index in [1.54, 1.807) is 35.6 Å². The van der Waals surface area contributed by atoms with Gasteiger partial charge < -0.3 is 9.84 Å². The molecular weight excluding hydrogens is 286 g/mol. The Morgan fingerprint density at radius 1 is 1.33 bits per heavy atom. The van der Waals surface area contributed by atoms with E-state index in [9.17, 15) is 4.79 Å². The summed E-state index contributed by atoms with van der Waals surface area (Å²) in [5.41, 5.74) is 2.06. The molecule has 0 saturated heterocycles. The number of rotatable bonds is 6. The molecule has 0 aliphatic rings. The number of hydrogen-bond acceptors (Lipinski definition) is 4. The van der Waals surface area contributed by atoms with Crippen molar-refractivity contribution in [1.29, 1.82) is 0 Å². The Labute approximate surface area is 128 Å². The Kier molecular flexibility index (Phi) is 5.09. The first-order chi connectivity index (χ1) is 10.0. The average molecular weight is 305 g/mol. The Morgan fingerprint density at radius 2 is 2.00 bits per heavy atom. The van der Waals surface area contributed by atoms with Gasteiger partial charge in [-0.3, -0.25) is 0 Å². The van der Waals surface area contributed by atoms with Crippen LogP contribution in [0.5, 0.6) is 0 Å². The number of carboxylic acids is 1. The summed E-state index contributed by atoms with van der Waals surface area (Å²) in [6.45, 7) is 6.87. The second-order valence-corrected chi connectivity index (χ2v) is 5.96. The molecular formula is C16H19NO3S. The lowest BCUT2D eigenvalue weighted by Crippen LogP contribution is -2.10. The van der Waals surface area contributed by atoms with E-state index in [0.29, 0.717) is 12.5 Å². The van der Waals surface area contributed by atoms with E-state index >= 15 is 0 Å². The molecule has 1 N–H and O–H groups in total. The lowest BCUT2D eigenvalue weighted by Gasteiger charge is -2.18. The molecule has 0 aliphatic heterocycles. The van der Waals surface area contributed by atoms with Crippen molar-refractivity contribution in [3.63, 3.8) is 0 Å². The molecule has 0 spiro atoms. The number of benzene rings is 1. The fraction of sp³-hybridized carbons (Fsp3) is 0.375. The molecule has 0 amide bonds. The largest absolute Gasteiger partial charge is 0.478 e. The molecule has 0 fully saturated rings. The van der Waals surface area contributed by atoms with E-state index in [1.807, 2.05) is 12.3 Å². The molecule has 0 bridgehead atoms. The van der Waals surface area contributed by atoms with Gasteiger partial charge in [0.2, 0.25) is 0 Å². The minimum Gasteiger partial charge on any atom is -0.478 e. The van der Waals surface area contributed by atoms with Gasteiger partial charge in [0.05, 0.1) is 11.3 Å². The summed E-state index contributed by atoms with van der Waals surface area (Å²) in [5, 5.41) is 11.9. The molecule has 0 radical (unpaired) electrons. The van der Waals surface area contributed by atoms with Crippen LogP contribution in [-0.2, 0) is 4.74 Å². The predicted octanol–water partition coefficient (Wildman–Crippen LogP) is 4.24. The van der Waals surface area contributed by atoms with Crippen molar-refractivity contribution < 1.29 is 14.6 Å². The average Bonchev–Trinajstić information content (AvgIpc) is 2.94. The van der Waals surface area contributed by atoms with E-state index in [2.05, 4.69) is 18.8 Å². The van der Waals surface area contributed by atoms with Crippen LogP contribution in [0.4, 0.5) is 0 Å². The van der Waals surface area contributed by atoms with Crippen LogP contribution in [-0.4, -0.2) is 22.7 Å². The molecule has 1 heterocycles. The fourth-order valence-electron chi connectivity index (χ4n) is 2.06. The molecule has 0 saturated carbocycles. The van der Waals surface area contributed by atoms with Crippen LogP contribution in [0.3, 0.4) is 0 Å². The van der Waals surface area contributed by atoms with E-state index in [1.165, 1.54) is 0 Å². The molecule has 21 heavy (non-hydrogen) atoms. The highest BCUT2D eigenvalue weighted by atomic mass is 32.1. The van der Waals surface area contributed by atoms with Crippen LogP contribution >= 0.6 is 11.3 Å². The van der Waals surface area contributed by atoms with Crippen LogP contribution in [0.25, 0.3) is 11.3 Å². The summed E-state index contributed by atoms with van der Waals surface area (Å²) in [5.74, 6) is -0.560. The van der Waals surface area contributed by atoms with Crippen LogP contribution in [0.15, 0.2) is 29.6 Å². The van der Waals surface area contributed by atoms with E-state index in [0.717, 1.165) is 16.3 Å². The molecule has 5 heteroatoms. The number of ether oxygens (including phenoxy) is 1. The summed E-state index contributed by atoms with van der Waals surface area (Å²) in [4.78, 5) is 15.5. The highest BCUT2D eigenvalue weighted by molar-refractivity contribution is 7.10. The van der Waals surface area contributed by atoms with Crippen LogP contribution in [0.1, 0.15) is 42.2 Å². The van der Waals surface area contributed by atoms with Crippen LogP contribution in [0, 0.1) is 5.92 Å². The van der Waals surface area contributed by atoms with Crippen molar-refractivity contribution in [2.24, 2.45) is 5.92 Å². The molecule has 1 aromatic carbocycles. The number of nitrogens with zero attached hydrogens (tertiary/aromatic N) is 1. The quantitative estimate of drug-likeness (QED) is 0.867. The van der Waals surface area contributed by atoms with Gasteiger partial charge in [0.1, 0.15) is 11.1 Å². The molecule has 1 unspecified atom stereocenters. The van der Waals surface area contributed by atoms with Gasteiger partial charge in [-0.2, -0.15) is 0 Å². The SMILES string of the molecule is CCOC(c1nc(-c2ccc(C(=O)O)cc2)cs1)C(C)C. The van der Waals surface area contributed by atoms with Gasteiger partial charge in [0.25, 0.3) is 0 Å². The van der Waals surface area contributed by atoms with E-state index in [4.69, 9.17) is 9.84 Å². The van der Waals surface area contributed by atoms with Gasteiger partial charge in [0.15, 0.2) is 0 Å². The predicted molar refractivity (Wildman–Crippen MR) is 83.7 cm³/mol. The molecule has 1 aromatic heterocycles. The van der Waals surface area contributed by atoms with Gasteiger partial charge in [-0.05, 0) is 25.0 Å². The number of aromatic carboxylic acids is 1. The molecule has 2 aromatic rings. The number of carboxylic acid groups (broad SMARTS) is 1. The Hall–Kier alpha value is -1.72. The van der Waals surface area contributed by atoms with Gasteiger partial charge in [-0.25, -0.2) is 9.78 Å². The van der Waals surface area contributed by atoms with Crippen molar-refractivity contribution in [3.05, 3.63) is 40.2 Å². The van der Waals surface area contributed by atoms with Crippen molar-refractivity contribution in [2.45, 2.75) is 26.9 Å². The summed E-state index contributed by atoms with van der Waals surface area (Å²) < 4.78 is 5.76. The first-order valence-corrected chi connectivity index (χ1v) is 7.81. The molecule has 112 valence electrons. The standard InChI is InChI=1S/C16H19NO3S/c1-4-20-14(10(2)3)15-17-13(9-21-15)11-5-7-12(8-6-11)16(18)19/h5-10,14H,4H2,1-3H3,(H,18,19). The number of hydrogen-bond donors (Lipinski definition) is 1. The minimum atomic E-state index is -0.920. The topological polar surface area (TPSA) is 59.4 Å². The molecule has 2 rings (SSSR count). The smallest absolute Gasteiger partial charge is 0.335 e. The Bertz CT molecular complexity index is 604. The lowest BCUT2D eigenvalue weighted by atomic mass is 10.1. The highest BCUT2D eigenvalue weighted by Gasteiger charge is 2.20. The maximum atomic E-state index is 10.9. The fourth-order valence-corrected chi connectivity index (χ4v) is 3.11. The number of carbonyl (C=O) groups is 1. The molecule has 0 aliphatic carbocycles. The van der Waals surface area contributed by atoms with Crippen molar-refractivity contribution in [1.82, 2.24) is 4.98 Å². The van der Waals surface area contributed by atoms with E-state index in [-0.39, 0.29) is 11.7 Å². The third-order valence-corrected chi connectivity index (χ3v) is 4.05. The van der Waals surface area contributed by atoms with Gasteiger partial charge >= 0.3 is 5.97 Å². The Morgan fingerprint density at radius 3 is 2.52 bits per heavy atom. The van der Waals surface area contributed by atoms with Crippen molar-refractivity contribution in [3.8, 4) is 11.3 Å². The minimum absolute atomic E-state index is 0.00652. The molecule has 1 atom stereocenters. The normalized spacial score (nSPS) is 12.6. The number of aromatic nitrogens is 1. The summed E-state index contributed by atoms with van der Waals surface area (Å²) >= 11 is 1.58. The zero-order valence-corrected chi connectivity index (χ0v) is 13.2. The van der Waals surface area contributed by atoms with E-state index < -0.39 is 5.97 Å². The van der Waals surface area contributed by atoms with Crippen LogP contribution < -0.4 is 0 Å². The number of thiazole rings is 1. The lowest BCUT2D eigenvalue weighted by molar-refractivity contribution is 0.0293. The third kappa shape index (κ3) is 3.68. The second kappa shape index (κ2) is 6.83. The monoisotopic (exact) mass is 305 g/mol. The third-order valence-electron chi connectivity index (χ3n) is 3.14. The van der Waals surface area contributed by atoms with Crippen LogP contribution in [0.2, 0.25) is 0 Å². The molecule has 4 nitrogen and oxygen atoms in total. The van der Waals surface area contributed by atoms with Crippen molar-refractivity contribution in [2.75, 3.05) is 6.61 Å². The second-order valence-electron chi connectivity index (χ2n) is 5.07. The zero-order valence-electron chi connectivity index (χ0n) is 12.4. The van der Waals surface area contributed by atoms with Crippen molar-refractivity contribution >= 4 is 17.3 Å².